The SMILES string of the molecule is COc1cccc2c(C(=O)NCc3cccc(C)c3)cn(CCCN3C4CCC3CN(CC(=O)c3ccc(Cl)cc3)C4)c12. The molecule has 3 aromatic carbocycles. The van der Waals surface area contributed by atoms with E-state index in [9.17, 15) is 9.59 Å². The van der Waals surface area contributed by atoms with Crippen molar-refractivity contribution in [3.8, 4) is 5.75 Å². The number of rotatable bonds is 11. The number of Topliss-reactive ketones (excluding diaryl/α,β-unsaturated/α-hetero) is 1. The number of halogens is 1. The Bertz CT molecular complexity index is 1600. The number of nitrogens with zero attached hydrogens (tertiary/aromatic N) is 3. The molecule has 2 aliphatic heterocycles. The second kappa shape index (κ2) is 12.9. The Balaban J connectivity index is 1.09. The molecule has 6 rings (SSSR count). The predicted octanol–water partition coefficient (Wildman–Crippen LogP) is 5.96. The molecule has 7 nitrogen and oxygen atoms in total. The Morgan fingerprint density at radius 3 is 2.44 bits per heavy atom. The summed E-state index contributed by atoms with van der Waals surface area (Å²) >= 11 is 6.00. The summed E-state index contributed by atoms with van der Waals surface area (Å²) in [7, 11) is 1.68. The van der Waals surface area contributed by atoms with Crippen LogP contribution < -0.4 is 10.1 Å². The summed E-state index contributed by atoms with van der Waals surface area (Å²) in [6, 6.07) is 22.2. The molecule has 0 spiro atoms. The second-order valence-corrected chi connectivity index (χ2v) is 12.3. The Morgan fingerprint density at radius 1 is 0.977 bits per heavy atom. The molecule has 2 fully saturated rings. The van der Waals surface area contributed by atoms with Gasteiger partial charge in [-0.05, 0) is 62.1 Å². The minimum Gasteiger partial charge on any atom is -0.495 e. The number of benzene rings is 3. The molecule has 0 saturated carbocycles. The van der Waals surface area contributed by atoms with Gasteiger partial charge in [-0.25, -0.2) is 0 Å². The number of likely N-dealkylation sites (tertiary alicyclic amines) is 1. The largest absolute Gasteiger partial charge is 0.495 e. The number of carbonyl (C=O) groups excluding carboxylic acids is 2. The molecule has 43 heavy (non-hydrogen) atoms. The molecule has 2 saturated heterocycles. The average Bonchev–Trinajstić information content (AvgIpc) is 3.49. The summed E-state index contributed by atoms with van der Waals surface area (Å²) < 4.78 is 7.90. The van der Waals surface area contributed by atoms with Crippen LogP contribution in [0.2, 0.25) is 5.02 Å². The molecule has 0 radical (unpaired) electrons. The standard InChI is InChI=1S/C35H39ClN4O3/c1-24-6-3-7-25(18-24)19-37-35(42)31-22-39(34-30(31)8-4-9-33(34)43-2)16-5-17-40-28-14-15-29(40)21-38(20-28)23-32(41)26-10-12-27(36)13-11-26/h3-4,6-13,18,22,28-29H,5,14-17,19-21,23H2,1-2H3,(H,37,42). The van der Waals surface area contributed by atoms with Crippen LogP contribution in [0.5, 0.6) is 5.75 Å². The van der Waals surface area contributed by atoms with Gasteiger partial charge in [-0.3, -0.25) is 19.4 Å². The van der Waals surface area contributed by atoms with E-state index in [1.165, 1.54) is 18.4 Å². The Hall–Kier alpha value is -3.65. The number of amides is 1. The fraction of sp³-hybridized carbons (Fsp3) is 0.371. The topological polar surface area (TPSA) is 66.8 Å². The van der Waals surface area contributed by atoms with Crippen molar-refractivity contribution in [3.63, 3.8) is 0 Å². The lowest BCUT2D eigenvalue weighted by atomic mass is 10.1. The van der Waals surface area contributed by atoms with E-state index < -0.39 is 0 Å². The molecule has 1 amide bonds. The number of aromatic nitrogens is 1. The normalized spacial score (nSPS) is 18.7. The number of aryl methyl sites for hydroxylation is 2. The van der Waals surface area contributed by atoms with Crippen molar-refractivity contribution in [2.45, 2.75) is 51.4 Å². The zero-order valence-corrected chi connectivity index (χ0v) is 25.6. The lowest BCUT2D eigenvalue weighted by Crippen LogP contribution is -2.54. The van der Waals surface area contributed by atoms with Crippen molar-refractivity contribution in [2.24, 2.45) is 0 Å². The highest BCUT2D eigenvalue weighted by Crippen LogP contribution is 2.32. The van der Waals surface area contributed by atoms with Crippen LogP contribution in [0.1, 0.15) is 51.1 Å². The van der Waals surface area contributed by atoms with Crippen molar-refractivity contribution in [1.29, 1.82) is 0 Å². The first-order valence-electron chi connectivity index (χ1n) is 15.2. The van der Waals surface area contributed by atoms with Gasteiger partial charge in [0.15, 0.2) is 5.78 Å². The first kappa shape index (κ1) is 29.4. The van der Waals surface area contributed by atoms with Crippen molar-refractivity contribution in [2.75, 3.05) is 33.3 Å². The van der Waals surface area contributed by atoms with Crippen LogP contribution in [0, 0.1) is 6.92 Å². The number of fused-ring (bicyclic) bond motifs is 3. The molecule has 1 aromatic heterocycles. The van der Waals surface area contributed by atoms with E-state index in [0.717, 1.165) is 60.4 Å². The number of hydrogen-bond donors (Lipinski definition) is 1. The fourth-order valence-electron chi connectivity index (χ4n) is 6.87. The number of hydrogen-bond acceptors (Lipinski definition) is 5. The Morgan fingerprint density at radius 2 is 1.72 bits per heavy atom. The van der Waals surface area contributed by atoms with Gasteiger partial charge in [0, 0.05) is 67.0 Å². The van der Waals surface area contributed by atoms with Crippen molar-refractivity contribution < 1.29 is 14.3 Å². The van der Waals surface area contributed by atoms with Gasteiger partial charge in [0.2, 0.25) is 0 Å². The summed E-state index contributed by atoms with van der Waals surface area (Å²) in [4.78, 5) is 31.2. The average molecular weight is 599 g/mol. The summed E-state index contributed by atoms with van der Waals surface area (Å²) in [5.41, 5.74) is 4.60. The van der Waals surface area contributed by atoms with E-state index in [-0.39, 0.29) is 11.7 Å². The molecule has 3 heterocycles. The number of methoxy groups -OCH3 is 1. The molecule has 2 atom stereocenters. The van der Waals surface area contributed by atoms with Crippen molar-refractivity contribution in [3.05, 3.63) is 100 Å². The van der Waals surface area contributed by atoms with E-state index in [0.29, 0.717) is 35.8 Å². The predicted molar refractivity (Wildman–Crippen MR) is 171 cm³/mol. The van der Waals surface area contributed by atoms with Crippen LogP contribution in [0.4, 0.5) is 0 Å². The smallest absolute Gasteiger partial charge is 0.253 e. The molecule has 8 heteroatoms. The molecule has 4 aromatic rings. The summed E-state index contributed by atoms with van der Waals surface area (Å²) in [5.74, 6) is 0.840. The lowest BCUT2D eigenvalue weighted by molar-refractivity contribution is 0.0588. The Kier molecular flexibility index (Phi) is 8.84. The van der Waals surface area contributed by atoms with Gasteiger partial charge in [-0.15, -0.1) is 0 Å². The van der Waals surface area contributed by atoms with Crippen LogP contribution in [-0.4, -0.2) is 71.4 Å². The number of carbonyl (C=O) groups is 2. The minimum atomic E-state index is -0.0826. The molecule has 2 unspecified atom stereocenters. The molecule has 224 valence electrons. The zero-order chi connectivity index (χ0) is 29.9. The summed E-state index contributed by atoms with van der Waals surface area (Å²) in [6.07, 6.45) is 5.28. The molecular weight excluding hydrogens is 560 g/mol. The van der Waals surface area contributed by atoms with Crippen LogP contribution in [0.25, 0.3) is 10.9 Å². The van der Waals surface area contributed by atoms with Crippen LogP contribution in [-0.2, 0) is 13.1 Å². The Labute approximate surface area is 258 Å². The molecule has 0 aliphatic carbocycles. The molecular formula is C35H39ClN4O3. The highest BCUT2D eigenvalue weighted by molar-refractivity contribution is 6.30. The number of nitrogens with one attached hydrogen (secondary N) is 1. The molecule has 1 N–H and O–H groups in total. The number of piperazine rings is 1. The van der Waals surface area contributed by atoms with Gasteiger partial charge in [-0.2, -0.15) is 0 Å². The number of ketones is 1. The monoisotopic (exact) mass is 598 g/mol. The van der Waals surface area contributed by atoms with Crippen molar-refractivity contribution >= 4 is 34.2 Å². The first-order chi connectivity index (χ1) is 20.9. The van der Waals surface area contributed by atoms with E-state index >= 15 is 0 Å². The molecule has 2 aliphatic rings. The lowest BCUT2D eigenvalue weighted by Gasteiger charge is -2.41. The van der Waals surface area contributed by atoms with E-state index in [2.05, 4.69) is 38.7 Å². The number of para-hydroxylation sites is 1. The fourth-order valence-corrected chi connectivity index (χ4v) is 7.00. The van der Waals surface area contributed by atoms with Gasteiger partial charge in [0.1, 0.15) is 5.75 Å². The first-order valence-corrected chi connectivity index (χ1v) is 15.5. The third kappa shape index (κ3) is 6.49. The summed E-state index contributed by atoms with van der Waals surface area (Å²) in [6.45, 7) is 6.60. The second-order valence-electron chi connectivity index (χ2n) is 11.9. The molecule has 2 bridgehead atoms. The number of ether oxygens (including phenoxy) is 1. The van der Waals surface area contributed by atoms with Crippen LogP contribution >= 0.6 is 11.6 Å². The van der Waals surface area contributed by atoms with Gasteiger partial charge < -0.3 is 14.6 Å². The minimum absolute atomic E-state index is 0.0826. The van der Waals surface area contributed by atoms with Gasteiger partial charge in [0.05, 0.1) is 24.7 Å². The summed E-state index contributed by atoms with van der Waals surface area (Å²) in [5, 5.41) is 4.66. The van der Waals surface area contributed by atoms with E-state index in [1.807, 2.05) is 48.7 Å². The van der Waals surface area contributed by atoms with Gasteiger partial charge >= 0.3 is 0 Å². The van der Waals surface area contributed by atoms with Crippen LogP contribution in [0.3, 0.4) is 0 Å². The quantitative estimate of drug-likeness (QED) is 0.216. The highest BCUT2D eigenvalue weighted by Gasteiger charge is 2.39. The highest BCUT2D eigenvalue weighted by atomic mass is 35.5. The maximum absolute atomic E-state index is 13.3. The maximum Gasteiger partial charge on any atom is 0.253 e. The van der Waals surface area contributed by atoms with Gasteiger partial charge in [-0.1, -0.05) is 53.6 Å². The van der Waals surface area contributed by atoms with E-state index in [4.69, 9.17) is 16.3 Å². The van der Waals surface area contributed by atoms with Crippen molar-refractivity contribution in [1.82, 2.24) is 19.7 Å². The van der Waals surface area contributed by atoms with Gasteiger partial charge in [0.25, 0.3) is 5.91 Å². The van der Waals surface area contributed by atoms with E-state index in [1.54, 1.807) is 19.2 Å². The maximum atomic E-state index is 13.3. The third-order valence-electron chi connectivity index (χ3n) is 8.92. The van der Waals surface area contributed by atoms with Crippen LogP contribution in [0.15, 0.2) is 72.9 Å². The zero-order valence-electron chi connectivity index (χ0n) is 24.9. The third-order valence-corrected chi connectivity index (χ3v) is 9.17.